The number of hydrogen-bond donors (Lipinski definition) is 3. The Bertz CT molecular complexity index is 1020. The average molecular weight is 420 g/mol. The summed E-state index contributed by atoms with van der Waals surface area (Å²) >= 11 is 0. The molecule has 1 aromatic heterocycles. The predicted octanol–water partition coefficient (Wildman–Crippen LogP) is 3.41. The second kappa shape index (κ2) is 9.42. The van der Waals surface area contributed by atoms with E-state index in [2.05, 4.69) is 50.0 Å². The van der Waals surface area contributed by atoms with E-state index in [9.17, 15) is 9.18 Å². The number of benzene rings is 2. The second-order valence-electron chi connectivity index (χ2n) is 7.67. The van der Waals surface area contributed by atoms with Gasteiger partial charge in [-0.2, -0.15) is 0 Å². The van der Waals surface area contributed by atoms with E-state index in [1.54, 1.807) is 0 Å². The summed E-state index contributed by atoms with van der Waals surface area (Å²) < 4.78 is 13.0. The highest BCUT2D eigenvalue weighted by molar-refractivity contribution is 5.95. The van der Waals surface area contributed by atoms with Crippen LogP contribution < -0.4 is 21.5 Å². The van der Waals surface area contributed by atoms with Gasteiger partial charge in [0.15, 0.2) is 11.6 Å². The van der Waals surface area contributed by atoms with Crippen LogP contribution >= 0.6 is 0 Å². The second-order valence-corrected chi connectivity index (χ2v) is 7.67. The van der Waals surface area contributed by atoms with Gasteiger partial charge >= 0.3 is 0 Å². The largest absolute Gasteiger partial charge is 0.393 e. The number of nitrogens with zero attached hydrogens (tertiary/aromatic N) is 3. The predicted molar refractivity (Wildman–Crippen MR) is 119 cm³/mol. The van der Waals surface area contributed by atoms with Crippen LogP contribution in [0.1, 0.15) is 28.8 Å². The minimum Gasteiger partial charge on any atom is -0.393 e. The van der Waals surface area contributed by atoms with Crippen LogP contribution in [0, 0.1) is 11.7 Å². The molecular weight excluding hydrogens is 395 g/mol. The highest BCUT2D eigenvalue weighted by Gasteiger charge is 2.23. The van der Waals surface area contributed by atoms with Gasteiger partial charge in [0.05, 0.1) is 0 Å². The van der Waals surface area contributed by atoms with Crippen molar-refractivity contribution in [1.82, 2.24) is 15.4 Å². The molecule has 0 saturated carbocycles. The first kappa shape index (κ1) is 20.6. The van der Waals surface area contributed by atoms with Crippen molar-refractivity contribution in [2.24, 2.45) is 5.92 Å². The summed E-state index contributed by atoms with van der Waals surface area (Å²) in [6, 6.07) is 15.8. The third kappa shape index (κ3) is 5.09. The molecule has 4 N–H and O–H groups in total. The van der Waals surface area contributed by atoms with Crippen LogP contribution in [0.25, 0.3) is 0 Å². The zero-order chi connectivity index (χ0) is 21.6. The lowest BCUT2D eigenvalue weighted by Gasteiger charge is -2.33. The van der Waals surface area contributed by atoms with E-state index in [1.165, 1.54) is 36.2 Å². The van der Waals surface area contributed by atoms with Crippen molar-refractivity contribution in [3.8, 4) is 0 Å². The number of halogens is 1. The molecule has 1 aliphatic rings. The number of hydrazine groups is 1. The number of amides is 1. The zero-order valence-electron chi connectivity index (χ0n) is 17.1. The molecule has 0 unspecified atom stereocenters. The number of anilines is 3. The first-order valence-corrected chi connectivity index (χ1v) is 10.3. The van der Waals surface area contributed by atoms with Crippen molar-refractivity contribution in [3.05, 3.63) is 77.9 Å². The third-order valence-corrected chi connectivity index (χ3v) is 5.54. The molecule has 3 aromatic rings. The summed E-state index contributed by atoms with van der Waals surface area (Å²) in [7, 11) is 0. The zero-order valence-corrected chi connectivity index (χ0v) is 17.1. The van der Waals surface area contributed by atoms with Crippen LogP contribution in [0.4, 0.5) is 21.7 Å². The Hall–Kier alpha value is -3.68. The fourth-order valence-corrected chi connectivity index (χ4v) is 3.82. The molecule has 0 aliphatic carbocycles. The summed E-state index contributed by atoms with van der Waals surface area (Å²) in [5.74, 6) is 0.802. The first-order chi connectivity index (χ1) is 15.1. The van der Waals surface area contributed by atoms with Crippen LogP contribution in [0.3, 0.4) is 0 Å². The standard InChI is InChI=1S/C23H25FN6O/c24-19-8-6-18(7-9-19)23(31)29-28-21-20(25)22(27-15-26-21)30-12-10-17(11-13-30)14-16-4-2-1-3-5-16/h1-9,15,17H,10-14,25H2,(H,29,31)(H,26,27,28). The van der Waals surface area contributed by atoms with E-state index < -0.39 is 11.7 Å². The van der Waals surface area contributed by atoms with Gasteiger partial charge in [-0.3, -0.25) is 15.6 Å². The lowest BCUT2D eigenvalue weighted by Crippen LogP contribution is -2.36. The summed E-state index contributed by atoms with van der Waals surface area (Å²) in [6.45, 7) is 1.72. The van der Waals surface area contributed by atoms with E-state index in [-0.39, 0.29) is 0 Å². The lowest BCUT2D eigenvalue weighted by molar-refractivity contribution is 0.0962. The number of nitrogens with one attached hydrogen (secondary N) is 2. The van der Waals surface area contributed by atoms with Gasteiger partial charge in [-0.25, -0.2) is 14.4 Å². The molecule has 0 bridgehead atoms. The first-order valence-electron chi connectivity index (χ1n) is 10.3. The fourth-order valence-electron chi connectivity index (χ4n) is 3.82. The maximum Gasteiger partial charge on any atom is 0.269 e. The Labute approximate surface area is 180 Å². The normalized spacial score (nSPS) is 14.3. The van der Waals surface area contributed by atoms with Gasteiger partial charge in [-0.05, 0) is 55.0 Å². The topological polar surface area (TPSA) is 96.2 Å². The minimum atomic E-state index is -0.415. The average Bonchev–Trinajstić information content (AvgIpc) is 2.80. The number of piperidine rings is 1. The molecule has 0 spiro atoms. The summed E-state index contributed by atoms with van der Waals surface area (Å²) in [4.78, 5) is 22.9. The van der Waals surface area contributed by atoms with Gasteiger partial charge < -0.3 is 10.6 Å². The molecule has 1 aliphatic heterocycles. The van der Waals surface area contributed by atoms with Crippen molar-refractivity contribution in [2.75, 3.05) is 29.1 Å². The lowest BCUT2D eigenvalue weighted by atomic mass is 9.90. The van der Waals surface area contributed by atoms with Crippen LogP contribution in [0.2, 0.25) is 0 Å². The van der Waals surface area contributed by atoms with Crippen molar-refractivity contribution in [2.45, 2.75) is 19.3 Å². The molecule has 0 radical (unpaired) electrons. The molecule has 2 aromatic carbocycles. The summed E-state index contributed by atoms with van der Waals surface area (Å²) in [5.41, 5.74) is 13.6. The number of carbonyl (C=O) groups is 1. The Balaban J connectivity index is 1.35. The van der Waals surface area contributed by atoms with Crippen LogP contribution in [0.5, 0.6) is 0 Å². The van der Waals surface area contributed by atoms with Crippen molar-refractivity contribution in [1.29, 1.82) is 0 Å². The Morgan fingerprint density at radius 3 is 2.48 bits per heavy atom. The molecule has 1 fully saturated rings. The quantitative estimate of drug-likeness (QED) is 0.529. The number of nitrogen functional groups attached to an aromatic ring is 1. The van der Waals surface area contributed by atoms with Gasteiger partial charge in [0, 0.05) is 18.7 Å². The molecule has 4 rings (SSSR count). The summed E-state index contributed by atoms with van der Waals surface area (Å²) in [6.07, 6.45) is 4.62. The van der Waals surface area contributed by atoms with E-state index >= 15 is 0 Å². The molecule has 1 amide bonds. The number of aromatic nitrogens is 2. The number of hydrogen-bond acceptors (Lipinski definition) is 6. The van der Waals surface area contributed by atoms with Gasteiger partial charge in [-0.15, -0.1) is 0 Å². The number of nitrogens with two attached hydrogens (primary N) is 1. The molecular formula is C23H25FN6O. The SMILES string of the molecule is Nc1c(NNC(=O)c2ccc(F)cc2)ncnc1N1CCC(Cc2ccccc2)CC1. The maximum absolute atomic E-state index is 13.0. The van der Waals surface area contributed by atoms with Crippen LogP contribution in [0.15, 0.2) is 60.9 Å². The van der Waals surface area contributed by atoms with Crippen LogP contribution in [-0.4, -0.2) is 29.0 Å². The van der Waals surface area contributed by atoms with Crippen molar-refractivity contribution >= 4 is 23.2 Å². The van der Waals surface area contributed by atoms with Gasteiger partial charge in [0.25, 0.3) is 5.91 Å². The highest BCUT2D eigenvalue weighted by atomic mass is 19.1. The van der Waals surface area contributed by atoms with Crippen LogP contribution in [-0.2, 0) is 6.42 Å². The monoisotopic (exact) mass is 420 g/mol. The van der Waals surface area contributed by atoms with Gasteiger partial charge in [0.1, 0.15) is 17.8 Å². The third-order valence-electron chi connectivity index (χ3n) is 5.54. The maximum atomic E-state index is 13.0. The van der Waals surface area contributed by atoms with E-state index in [4.69, 9.17) is 5.73 Å². The highest BCUT2D eigenvalue weighted by Crippen LogP contribution is 2.30. The number of rotatable bonds is 6. The fraction of sp³-hybridized carbons (Fsp3) is 0.261. The van der Waals surface area contributed by atoms with E-state index in [0.29, 0.717) is 28.8 Å². The molecule has 160 valence electrons. The Morgan fingerprint density at radius 1 is 1.06 bits per heavy atom. The van der Waals surface area contributed by atoms with Crippen molar-refractivity contribution < 1.29 is 9.18 Å². The molecule has 31 heavy (non-hydrogen) atoms. The Morgan fingerprint density at radius 2 is 1.77 bits per heavy atom. The minimum absolute atomic E-state index is 0.322. The smallest absolute Gasteiger partial charge is 0.269 e. The molecule has 8 heteroatoms. The molecule has 7 nitrogen and oxygen atoms in total. The molecule has 2 heterocycles. The molecule has 0 atom stereocenters. The Kier molecular flexibility index (Phi) is 6.26. The number of carbonyl (C=O) groups excluding carboxylic acids is 1. The van der Waals surface area contributed by atoms with Crippen molar-refractivity contribution in [3.63, 3.8) is 0 Å². The van der Waals surface area contributed by atoms with Gasteiger partial charge in [0.2, 0.25) is 0 Å². The van der Waals surface area contributed by atoms with E-state index in [0.717, 1.165) is 32.4 Å². The molecule has 1 saturated heterocycles. The van der Waals surface area contributed by atoms with E-state index in [1.807, 2.05) is 6.07 Å². The summed E-state index contributed by atoms with van der Waals surface area (Å²) in [5, 5.41) is 0. The van der Waals surface area contributed by atoms with Gasteiger partial charge in [-0.1, -0.05) is 30.3 Å².